The predicted molar refractivity (Wildman–Crippen MR) is 75.1 cm³/mol. The van der Waals surface area contributed by atoms with Crippen LogP contribution in [0, 0.1) is 11.7 Å². The van der Waals surface area contributed by atoms with Crippen molar-refractivity contribution in [2.45, 2.75) is 18.4 Å². The zero-order valence-electron chi connectivity index (χ0n) is 11.4. The minimum atomic E-state index is -1.33. The summed E-state index contributed by atoms with van der Waals surface area (Å²) in [6.45, 7) is 1.47. The normalized spacial score (nSPS) is 24.9. The lowest BCUT2D eigenvalue weighted by Crippen LogP contribution is -2.60. The van der Waals surface area contributed by atoms with E-state index in [2.05, 4.69) is 0 Å². The van der Waals surface area contributed by atoms with Crippen LogP contribution in [0.3, 0.4) is 0 Å². The molecule has 0 spiro atoms. The van der Waals surface area contributed by atoms with Crippen molar-refractivity contribution < 1.29 is 28.9 Å². The highest BCUT2D eigenvalue weighted by atomic mass is 32.2. The van der Waals surface area contributed by atoms with Crippen LogP contribution in [0.25, 0.3) is 0 Å². The molecule has 116 valence electrons. The summed E-state index contributed by atoms with van der Waals surface area (Å²) in [5.74, 6) is -3.25. The minimum Gasteiger partial charge on any atom is -0.476 e. The summed E-state index contributed by atoms with van der Waals surface area (Å²) in [6, 6.07) is 5.59. The molecule has 8 heteroatoms. The first-order valence-corrected chi connectivity index (χ1v) is 7.37. The van der Waals surface area contributed by atoms with Gasteiger partial charge in [-0.15, -0.1) is 0 Å². The van der Waals surface area contributed by atoms with Crippen molar-refractivity contribution in [3.05, 3.63) is 40.9 Å². The maximum absolute atomic E-state index is 13.6. The second-order valence-corrected chi connectivity index (χ2v) is 6.05. The molecule has 2 aliphatic rings. The van der Waals surface area contributed by atoms with Gasteiger partial charge in [-0.3, -0.25) is 9.69 Å². The van der Waals surface area contributed by atoms with Gasteiger partial charge in [0.15, 0.2) is 22.4 Å². The number of carboxylic acid groups (broad SMARTS) is 1. The van der Waals surface area contributed by atoms with Crippen molar-refractivity contribution in [3.8, 4) is 5.75 Å². The quantitative estimate of drug-likeness (QED) is 0.813. The zero-order chi connectivity index (χ0) is 16.0. The van der Waals surface area contributed by atoms with Crippen LogP contribution in [0.15, 0.2) is 35.1 Å². The molecule has 1 amide bonds. The van der Waals surface area contributed by atoms with Gasteiger partial charge in [0.05, 0.1) is 12.0 Å². The monoisotopic (exact) mass is 325 g/mol. The molecule has 1 saturated heterocycles. The lowest BCUT2D eigenvalue weighted by Gasteiger charge is -2.43. The fraction of sp³-hybridized carbons (Fsp3) is 0.286. The molecule has 0 aliphatic carbocycles. The number of fused-ring (bicyclic) bond motifs is 1. The molecule has 0 bridgehead atoms. The summed E-state index contributed by atoms with van der Waals surface area (Å²) in [6.07, 6.45) is -0.899. The molecule has 0 aromatic heterocycles. The number of hydrogen-bond donors (Lipinski definition) is 2. The Morgan fingerprint density at radius 1 is 1.45 bits per heavy atom. The number of thioether (sulfide) groups is 1. The summed E-state index contributed by atoms with van der Waals surface area (Å²) >= 11 is 0.996. The number of carboxylic acids is 1. The predicted octanol–water partition coefficient (Wildman–Crippen LogP) is 1.37. The van der Waals surface area contributed by atoms with E-state index in [0.717, 1.165) is 16.7 Å². The van der Waals surface area contributed by atoms with Crippen molar-refractivity contribution in [3.63, 3.8) is 0 Å². The fourth-order valence-electron chi connectivity index (χ4n) is 2.45. The van der Waals surface area contributed by atoms with E-state index < -0.39 is 35.1 Å². The molecule has 2 N–H and O–H groups in total. The number of hydrogen-bond acceptors (Lipinski definition) is 5. The summed E-state index contributed by atoms with van der Waals surface area (Å²) in [4.78, 5) is 24.5. The van der Waals surface area contributed by atoms with E-state index in [1.54, 1.807) is 6.07 Å². The molecule has 0 unspecified atom stereocenters. The Labute approximate surface area is 129 Å². The molecule has 1 aromatic carbocycles. The largest absolute Gasteiger partial charge is 0.476 e. The maximum atomic E-state index is 13.6. The Balaban J connectivity index is 1.92. The average Bonchev–Trinajstić information content (AvgIpc) is 2.75. The van der Waals surface area contributed by atoms with Crippen molar-refractivity contribution >= 4 is 23.6 Å². The van der Waals surface area contributed by atoms with Gasteiger partial charge in [0.2, 0.25) is 5.91 Å². The standard InChI is InChI=1S/C14H12FNO5S/c1-6(17)9-11(18)16-10(13(19)20)14(22-12(9)16)21-8-5-3-2-4-7(8)15/h2-6,9,12,17H,1H3,(H,19,20)/t6-,9+,12-/m1/s1. The fourth-order valence-corrected chi connectivity index (χ4v) is 3.91. The van der Waals surface area contributed by atoms with E-state index in [-0.39, 0.29) is 16.5 Å². The number of amides is 1. The highest BCUT2D eigenvalue weighted by molar-refractivity contribution is 8.03. The van der Waals surface area contributed by atoms with Crippen LogP contribution < -0.4 is 4.74 Å². The van der Waals surface area contributed by atoms with Gasteiger partial charge in [-0.25, -0.2) is 9.18 Å². The number of halogens is 1. The van der Waals surface area contributed by atoms with Gasteiger partial charge < -0.3 is 14.9 Å². The van der Waals surface area contributed by atoms with E-state index in [1.165, 1.54) is 25.1 Å². The molecule has 3 atom stereocenters. The van der Waals surface area contributed by atoms with Crippen LogP contribution in [-0.2, 0) is 9.59 Å². The SMILES string of the molecule is C[C@@H](O)[C@H]1C(=O)N2C(C(=O)O)=C(Oc3ccccc3F)S[C@H]12. The molecule has 3 rings (SSSR count). The number of ether oxygens (including phenoxy) is 1. The van der Waals surface area contributed by atoms with Crippen molar-refractivity contribution in [1.29, 1.82) is 0 Å². The topological polar surface area (TPSA) is 87.1 Å². The van der Waals surface area contributed by atoms with Crippen molar-refractivity contribution in [2.24, 2.45) is 5.92 Å². The first-order valence-electron chi connectivity index (χ1n) is 6.49. The number of rotatable bonds is 4. The van der Waals surface area contributed by atoms with Crippen LogP contribution in [0.5, 0.6) is 5.75 Å². The number of para-hydroxylation sites is 1. The first kappa shape index (κ1) is 14.9. The van der Waals surface area contributed by atoms with Crippen LogP contribution in [-0.4, -0.2) is 38.5 Å². The summed E-state index contributed by atoms with van der Waals surface area (Å²) in [5, 5.41) is 18.3. The van der Waals surface area contributed by atoms with E-state index in [0.29, 0.717) is 0 Å². The smallest absolute Gasteiger partial charge is 0.357 e. The number of β-lactam (4-membered cyclic amide) rings is 1. The molecule has 22 heavy (non-hydrogen) atoms. The molecule has 2 heterocycles. The van der Waals surface area contributed by atoms with Gasteiger partial charge in [-0.2, -0.15) is 0 Å². The van der Waals surface area contributed by atoms with E-state index >= 15 is 0 Å². The number of aliphatic hydroxyl groups excluding tert-OH is 1. The molecule has 0 saturated carbocycles. The molecule has 1 fully saturated rings. The van der Waals surface area contributed by atoms with E-state index in [4.69, 9.17) is 4.74 Å². The number of nitrogens with zero attached hydrogens (tertiary/aromatic N) is 1. The van der Waals surface area contributed by atoms with Crippen LogP contribution >= 0.6 is 11.8 Å². The Hall–Kier alpha value is -2.06. The summed E-state index contributed by atoms with van der Waals surface area (Å²) in [5.41, 5.74) is -0.319. The lowest BCUT2D eigenvalue weighted by molar-refractivity contribution is -0.156. The van der Waals surface area contributed by atoms with Gasteiger partial charge in [-0.05, 0) is 19.1 Å². The summed E-state index contributed by atoms with van der Waals surface area (Å²) < 4.78 is 19.0. The maximum Gasteiger partial charge on any atom is 0.357 e. The Morgan fingerprint density at radius 3 is 2.73 bits per heavy atom. The molecular formula is C14H12FNO5S. The lowest BCUT2D eigenvalue weighted by atomic mass is 9.92. The third kappa shape index (κ3) is 2.15. The third-order valence-corrected chi connectivity index (χ3v) is 4.74. The van der Waals surface area contributed by atoms with E-state index in [1.807, 2.05) is 0 Å². The summed E-state index contributed by atoms with van der Waals surface area (Å²) in [7, 11) is 0. The highest BCUT2D eigenvalue weighted by Gasteiger charge is 2.58. The third-order valence-electron chi connectivity index (χ3n) is 3.51. The van der Waals surface area contributed by atoms with Crippen molar-refractivity contribution in [2.75, 3.05) is 0 Å². The molecule has 0 radical (unpaired) electrons. The highest BCUT2D eigenvalue weighted by Crippen LogP contribution is 2.50. The molecular weight excluding hydrogens is 313 g/mol. The Kier molecular flexibility index (Phi) is 3.57. The zero-order valence-corrected chi connectivity index (χ0v) is 12.2. The van der Waals surface area contributed by atoms with Crippen LogP contribution in [0.2, 0.25) is 0 Å². The Morgan fingerprint density at radius 2 is 2.14 bits per heavy atom. The minimum absolute atomic E-state index is 0.0564. The molecule has 6 nitrogen and oxygen atoms in total. The molecule has 2 aliphatic heterocycles. The second kappa shape index (κ2) is 5.29. The van der Waals surface area contributed by atoms with Gasteiger partial charge in [-0.1, -0.05) is 23.9 Å². The van der Waals surface area contributed by atoms with E-state index in [9.17, 15) is 24.2 Å². The average molecular weight is 325 g/mol. The molecule has 1 aromatic rings. The number of aliphatic hydroxyl groups is 1. The number of aliphatic carboxylic acids is 1. The van der Waals surface area contributed by atoms with Crippen LogP contribution in [0.4, 0.5) is 4.39 Å². The van der Waals surface area contributed by atoms with Gasteiger partial charge in [0.1, 0.15) is 5.37 Å². The number of carbonyl (C=O) groups is 2. The van der Waals surface area contributed by atoms with Gasteiger partial charge >= 0.3 is 5.97 Å². The van der Waals surface area contributed by atoms with Gasteiger partial charge in [0, 0.05) is 0 Å². The first-order chi connectivity index (χ1) is 10.4. The number of carbonyl (C=O) groups excluding carboxylic acids is 1. The second-order valence-electron chi connectivity index (χ2n) is 4.96. The van der Waals surface area contributed by atoms with Gasteiger partial charge in [0.25, 0.3) is 0 Å². The Bertz CT molecular complexity index is 690. The van der Waals surface area contributed by atoms with Crippen molar-refractivity contribution in [1.82, 2.24) is 4.90 Å². The van der Waals surface area contributed by atoms with Crippen LogP contribution in [0.1, 0.15) is 6.92 Å². The number of benzene rings is 1.